The van der Waals surface area contributed by atoms with Crippen molar-refractivity contribution in [3.8, 4) is 10.6 Å². The standard InChI is InChI=1S/C15H18FN3O2S/c1-5-19(14(20)21-15(2,3)4)12-9-18-13(22-12)10-6-11(16)8-17-7-10/h6-9H,5H2,1-4H3. The van der Waals surface area contributed by atoms with E-state index in [9.17, 15) is 9.18 Å². The highest BCUT2D eigenvalue weighted by Crippen LogP contribution is 2.31. The van der Waals surface area contributed by atoms with E-state index in [1.165, 1.54) is 28.5 Å². The van der Waals surface area contributed by atoms with Crippen LogP contribution in [0.3, 0.4) is 0 Å². The molecular formula is C15H18FN3O2S. The third-order valence-electron chi connectivity index (χ3n) is 2.64. The highest BCUT2D eigenvalue weighted by atomic mass is 32.1. The van der Waals surface area contributed by atoms with Gasteiger partial charge >= 0.3 is 6.09 Å². The van der Waals surface area contributed by atoms with E-state index in [2.05, 4.69) is 9.97 Å². The number of carbonyl (C=O) groups excluding carboxylic acids is 1. The number of hydrogen-bond donors (Lipinski definition) is 0. The smallest absolute Gasteiger partial charge is 0.415 e. The molecule has 0 radical (unpaired) electrons. The lowest BCUT2D eigenvalue weighted by molar-refractivity contribution is 0.0583. The summed E-state index contributed by atoms with van der Waals surface area (Å²) in [6, 6.07) is 1.36. The maximum absolute atomic E-state index is 13.2. The van der Waals surface area contributed by atoms with Gasteiger partial charge in [0.15, 0.2) is 0 Å². The zero-order valence-corrected chi connectivity index (χ0v) is 13.8. The van der Waals surface area contributed by atoms with Crippen molar-refractivity contribution in [3.05, 3.63) is 30.5 Å². The van der Waals surface area contributed by atoms with Crippen LogP contribution in [0.2, 0.25) is 0 Å². The van der Waals surface area contributed by atoms with E-state index < -0.39 is 17.5 Å². The monoisotopic (exact) mass is 323 g/mol. The Morgan fingerprint density at radius 3 is 2.68 bits per heavy atom. The molecule has 22 heavy (non-hydrogen) atoms. The molecule has 118 valence electrons. The molecule has 0 bridgehead atoms. The quantitative estimate of drug-likeness (QED) is 0.853. The van der Waals surface area contributed by atoms with Crippen LogP contribution in [0.25, 0.3) is 10.6 Å². The second-order valence-corrected chi connectivity index (χ2v) is 6.63. The van der Waals surface area contributed by atoms with Crippen LogP contribution in [0.15, 0.2) is 24.7 Å². The number of nitrogens with zero attached hydrogens (tertiary/aromatic N) is 3. The van der Waals surface area contributed by atoms with Gasteiger partial charge < -0.3 is 4.74 Å². The molecule has 0 spiro atoms. The van der Waals surface area contributed by atoms with Crippen molar-refractivity contribution in [1.29, 1.82) is 0 Å². The maximum atomic E-state index is 13.2. The lowest BCUT2D eigenvalue weighted by Crippen LogP contribution is -2.36. The topological polar surface area (TPSA) is 55.3 Å². The fraction of sp³-hybridized carbons (Fsp3) is 0.400. The summed E-state index contributed by atoms with van der Waals surface area (Å²) in [7, 11) is 0. The number of thiazole rings is 1. The van der Waals surface area contributed by atoms with E-state index >= 15 is 0 Å². The van der Waals surface area contributed by atoms with Crippen molar-refractivity contribution in [2.24, 2.45) is 0 Å². The average molecular weight is 323 g/mol. The number of rotatable bonds is 3. The molecule has 1 amide bonds. The first-order chi connectivity index (χ1) is 10.3. The number of pyridine rings is 1. The van der Waals surface area contributed by atoms with E-state index in [0.29, 0.717) is 22.1 Å². The molecule has 0 saturated heterocycles. The van der Waals surface area contributed by atoms with Crippen LogP contribution in [-0.4, -0.2) is 28.2 Å². The highest BCUT2D eigenvalue weighted by Gasteiger charge is 2.24. The number of aromatic nitrogens is 2. The zero-order chi connectivity index (χ0) is 16.3. The van der Waals surface area contributed by atoms with Gasteiger partial charge in [-0.1, -0.05) is 11.3 Å². The molecule has 7 heteroatoms. The van der Waals surface area contributed by atoms with Gasteiger partial charge in [0.2, 0.25) is 0 Å². The molecule has 0 fully saturated rings. The molecule has 0 aliphatic rings. The summed E-state index contributed by atoms with van der Waals surface area (Å²) < 4.78 is 18.6. The normalized spacial score (nSPS) is 11.3. The van der Waals surface area contributed by atoms with Crippen molar-refractivity contribution >= 4 is 22.4 Å². The minimum atomic E-state index is -0.565. The summed E-state index contributed by atoms with van der Waals surface area (Å²) in [4.78, 5) is 21.7. The van der Waals surface area contributed by atoms with E-state index in [4.69, 9.17) is 4.74 Å². The molecule has 2 heterocycles. The number of anilines is 1. The molecule has 0 saturated carbocycles. The van der Waals surface area contributed by atoms with Crippen molar-refractivity contribution < 1.29 is 13.9 Å². The zero-order valence-electron chi connectivity index (χ0n) is 13.0. The summed E-state index contributed by atoms with van der Waals surface area (Å²) in [5, 5.41) is 1.25. The summed E-state index contributed by atoms with van der Waals surface area (Å²) in [6.45, 7) is 7.75. The number of hydrogen-bond acceptors (Lipinski definition) is 5. The second kappa shape index (κ2) is 6.39. The minimum Gasteiger partial charge on any atom is -0.443 e. The summed E-state index contributed by atoms with van der Waals surface area (Å²) >= 11 is 1.29. The minimum absolute atomic E-state index is 0.422. The predicted molar refractivity (Wildman–Crippen MR) is 84.6 cm³/mol. The molecular weight excluding hydrogens is 305 g/mol. The summed E-state index contributed by atoms with van der Waals surface area (Å²) in [6.07, 6.45) is 3.83. The Kier molecular flexibility index (Phi) is 4.75. The molecule has 2 aromatic rings. The van der Waals surface area contributed by atoms with Gasteiger partial charge in [0.1, 0.15) is 21.4 Å². The molecule has 5 nitrogen and oxygen atoms in total. The summed E-state index contributed by atoms with van der Waals surface area (Å²) in [5.41, 5.74) is 0.0151. The van der Waals surface area contributed by atoms with Gasteiger partial charge in [-0.05, 0) is 33.8 Å². The van der Waals surface area contributed by atoms with E-state index in [1.807, 2.05) is 27.7 Å². The van der Waals surface area contributed by atoms with E-state index in [0.717, 1.165) is 6.20 Å². The van der Waals surface area contributed by atoms with Crippen LogP contribution in [-0.2, 0) is 4.74 Å². The van der Waals surface area contributed by atoms with Gasteiger partial charge in [0.25, 0.3) is 0 Å². The second-order valence-electron chi connectivity index (χ2n) is 5.62. The van der Waals surface area contributed by atoms with Crippen LogP contribution in [0.4, 0.5) is 14.2 Å². The molecule has 2 aromatic heterocycles. The first kappa shape index (κ1) is 16.4. The van der Waals surface area contributed by atoms with Crippen molar-refractivity contribution in [2.75, 3.05) is 11.4 Å². The number of ether oxygens (including phenoxy) is 1. The summed E-state index contributed by atoms with van der Waals surface area (Å²) in [5.74, 6) is -0.422. The van der Waals surface area contributed by atoms with Crippen LogP contribution < -0.4 is 4.90 Å². The van der Waals surface area contributed by atoms with E-state index in [-0.39, 0.29) is 0 Å². The number of amides is 1. The molecule has 0 aromatic carbocycles. The number of carbonyl (C=O) groups is 1. The fourth-order valence-electron chi connectivity index (χ4n) is 1.74. The van der Waals surface area contributed by atoms with Gasteiger partial charge in [-0.15, -0.1) is 0 Å². The van der Waals surface area contributed by atoms with Crippen molar-refractivity contribution in [2.45, 2.75) is 33.3 Å². The molecule has 0 aliphatic carbocycles. The lowest BCUT2D eigenvalue weighted by atomic mass is 10.2. The van der Waals surface area contributed by atoms with Crippen molar-refractivity contribution in [1.82, 2.24) is 9.97 Å². The van der Waals surface area contributed by atoms with Gasteiger partial charge in [0, 0.05) is 18.3 Å². The van der Waals surface area contributed by atoms with Crippen LogP contribution in [0.5, 0.6) is 0 Å². The Balaban J connectivity index is 2.23. The average Bonchev–Trinajstić information content (AvgIpc) is 2.87. The van der Waals surface area contributed by atoms with Crippen LogP contribution in [0.1, 0.15) is 27.7 Å². The van der Waals surface area contributed by atoms with Gasteiger partial charge in [-0.25, -0.2) is 14.2 Å². The molecule has 2 rings (SSSR count). The van der Waals surface area contributed by atoms with Gasteiger partial charge in [0.05, 0.1) is 12.4 Å². The fourth-order valence-corrected chi connectivity index (χ4v) is 2.70. The van der Waals surface area contributed by atoms with Gasteiger partial charge in [-0.3, -0.25) is 9.88 Å². The van der Waals surface area contributed by atoms with E-state index in [1.54, 1.807) is 6.20 Å². The molecule has 0 unspecified atom stereocenters. The van der Waals surface area contributed by atoms with Crippen LogP contribution in [0, 0.1) is 5.82 Å². The molecule has 0 atom stereocenters. The molecule has 0 N–H and O–H groups in total. The maximum Gasteiger partial charge on any atom is 0.415 e. The Morgan fingerprint density at radius 1 is 1.36 bits per heavy atom. The predicted octanol–water partition coefficient (Wildman–Crippen LogP) is 4.11. The third kappa shape index (κ3) is 4.00. The largest absolute Gasteiger partial charge is 0.443 e. The number of halogens is 1. The Morgan fingerprint density at radius 2 is 2.09 bits per heavy atom. The van der Waals surface area contributed by atoms with Gasteiger partial charge in [-0.2, -0.15) is 0 Å². The Bertz CT molecular complexity index is 667. The van der Waals surface area contributed by atoms with Crippen LogP contribution >= 0.6 is 11.3 Å². The first-order valence-electron chi connectivity index (χ1n) is 6.87. The first-order valence-corrected chi connectivity index (χ1v) is 7.69. The highest BCUT2D eigenvalue weighted by molar-refractivity contribution is 7.19. The third-order valence-corrected chi connectivity index (χ3v) is 3.71. The molecule has 0 aliphatic heterocycles. The Labute approximate surface area is 132 Å². The lowest BCUT2D eigenvalue weighted by Gasteiger charge is -2.25. The SMILES string of the molecule is CCN(C(=O)OC(C)(C)C)c1cnc(-c2cncc(F)c2)s1. The Hall–Kier alpha value is -2.02. The van der Waals surface area contributed by atoms with Crippen molar-refractivity contribution in [3.63, 3.8) is 0 Å².